The first-order chi connectivity index (χ1) is 13.5. The maximum atomic E-state index is 13.7. The number of nitrogens with zero attached hydrogens (tertiary/aromatic N) is 1. The average molecular weight is 402 g/mol. The maximum absolute atomic E-state index is 13.7. The normalized spacial score (nSPS) is 37.3. The average Bonchev–Trinajstić information content (AvgIpc) is 2.94. The molecule has 5 nitrogen and oxygen atoms in total. The fourth-order valence-electron chi connectivity index (χ4n) is 5.94. The van der Waals surface area contributed by atoms with Crippen LogP contribution in [0.3, 0.4) is 0 Å². The van der Waals surface area contributed by atoms with Gasteiger partial charge in [0, 0.05) is 6.42 Å². The number of carbonyl (C=O) groups excluding carboxylic acids is 2. The zero-order valence-electron chi connectivity index (χ0n) is 15.6. The van der Waals surface area contributed by atoms with Crippen LogP contribution < -0.4 is 10.6 Å². The Hall–Kier alpha value is -1.89. The molecule has 1 heterocycles. The number of benzene rings is 1. The summed E-state index contributed by atoms with van der Waals surface area (Å²) in [6, 6.07) is 6.03. The Balaban J connectivity index is 1.24. The van der Waals surface area contributed by atoms with Crippen LogP contribution in [0, 0.1) is 23.6 Å². The highest BCUT2D eigenvalue weighted by molar-refractivity contribution is 8.15. The van der Waals surface area contributed by atoms with Crippen molar-refractivity contribution < 1.29 is 14.0 Å². The van der Waals surface area contributed by atoms with Gasteiger partial charge in [-0.25, -0.2) is 4.39 Å². The maximum Gasteiger partial charge on any atom is 0.240 e. The van der Waals surface area contributed by atoms with Crippen LogP contribution in [-0.2, 0) is 9.59 Å². The molecule has 5 aliphatic rings. The van der Waals surface area contributed by atoms with Crippen molar-refractivity contribution >= 4 is 34.4 Å². The molecule has 1 aromatic carbocycles. The lowest BCUT2D eigenvalue weighted by molar-refractivity contribution is -0.122. The summed E-state index contributed by atoms with van der Waals surface area (Å²) in [5.74, 6) is 1.34. The van der Waals surface area contributed by atoms with Crippen molar-refractivity contribution in [3.05, 3.63) is 30.1 Å². The summed E-state index contributed by atoms with van der Waals surface area (Å²) in [6.45, 7) is 0. The van der Waals surface area contributed by atoms with Crippen LogP contribution in [-0.4, -0.2) is 27.8 Å². The molecule has 28 heavy (non-hydrogen) atoms. The number of anilines is 1. The lowest BCUT2D eigenvalue weighted by Crippen LogP contribution is -2.50. The summed E-state index contributed by atoms with van der Waals surface area (Å²) >= 11 is 1.35. The van der Waals surface area contributed by atoms with Crippen molar-refractivity contribution in [2.45, 2.75) is 55.7 Å². The summed E-state index contributed by atoms with van der Waals surface area (Å²) in [4.78, 5) is 29.7. The van der Waals surface area contributed by atoms with E-state index in [9.17, 15) is 14.0 Å². The number of hydrogen-bond donors (Lipinski definition) is 2. The van der Waals surface area contributed by atoms with Crippen LogP contribution in [0.4, 0.5) is 10.1 Å². The van der Waals surface area contributed by atoms with Crippen molar-refractivity contribution in [2.24, 2.45) is 22.7 Å². The standard InChI is InChI=1S/C21H24FN3O2S/c22-15-3-1-2-4-16(15)23-18(26)8-17-19(27)24-20(28-17)25-21-9-12-5-13(10-21)7-14(6-12)11-21/h1-4,12-14,17H,5-11H2,(H,23,26)(H,24,25,27). The molecule has 1 atom stereocenters. The molecule has 7 heteroatoms. The van der Waals surface area contributed by atoms with Gasteiger partial charge in [-0.05, 0) is 68.4 Å². The second kappa shape index (κ2) is 6.87. The Morgan fingerprint density at radius 2 is 1.82 bits per heavy atom. The van der Waals surface area contributed by atoms with Gasteiger partial charge < -0.3 is 10.6 Å². The van der Waals surface area contributed by atoms with E-state index in [0.29, 0.717) is 5.17 Å². The predicted octanol–water partition coefficient (Wildman–Crippen LogP) is 3.71. The SMILES string of the molecule is O=C(CC1SC(=NC23CC4CC(CC(C4)C2)C3)NC1=O)Nc1ccccc1F. The molecule has 6 rings (SSSR count). The first-order valence-corrected chi connectivity index (χ1v) is 11.0. The van der Waals surface area contributed by atoms with Gasteiger partial charge in [-0.15, -0.1) is 0 Å². The molecule has 4 aliphatic carbocycles. The Kier molecular flexibility index (Phi) is 4.45. The highest BCUT2D eigenvalue weighted by Gasteiger charge is 2.51. The minimum Gasteiger partial charge on any atom is -0.324 e. The topological polar surface area (TPSA) is 70.6 Å². The minimum absolute atomic E-state index is 0.00469. The molecule has 4 saturated carbocycles. The number of carbonyl (C=O) groups is 2. The van der Waals surface area contributed by atoms with Gasteiger partial charge in [-0.3, -0.25) is 14.6 Å². The van der Waals surface area contributed by atoms with Crippen molar-refractivity contribution in [3.8, 4) is 0 Å². The third-order valence-corrected chi connectivity index (χ3v) is 7.72. The van der Waals surface area contributed by atoms with Gasteiger partial charge in [0.1, 0.15) is 11.1 Å². The van der Waals surface area contributed by atoms with Crippen molar-refractivity contribution in [3.63, 3.8) is 0 Å². The van der Waals surface area contributed by atoms with Crippen LogP contribution in [0.2, 0.25) is 0 Å². The van der Waals surface area contributed by atoms with E-state index < -0.39 is 11.1 Å². The number of aliphatic imine (C=N–C) groups is 1. The smallest absolute Gasteiger partial charge is 0.240 e. The van der Waals surface area contributed by atoms with E-state index in [-0.39, 0.29) is 29.5 Å². The molecule has 0 aromatic heterocycles. The van der Waals surface area contributed by atoms with E-state index in [1.54, 1.807) is 12.1 Å². The minimum atomic E-state index is -0.514. The number of thioether (sulfide) groups is 1. The second-order valence-electron chi connectivity index (χ2n) is 8.89. The fraction of sp³-hybridized carbons (Fsp3) is 0.571. The highest BCUT2D eigenvalue weighted by Crippen LogP contribution is 2.57. The van der Waals surface area contributed by atoms with Gasteiger partial charge in [0.15, 0.2) is 5.17 Å². The Labute approximate surface area is 167 Å². The van der Waals surface area contributed by atoms with E-state index in [1.165, 1.54) is 43.2 Å². The summed E-state index contributed by atoms with van der Waals surface area (Å²) in [5, 5.41) is 5.58. The van der Waals surface area contributed by atoms with Gasteiger partial charge >= 0.3 is 0 Å². The van der Waals surface area contributed by atoms with Gasteiger partial charge in [0.05, 0.1) is 11.2 Å². The number of amides is 2. The van der Waals surface area contributed by atoms with Crippen molar-refractivity contribution in [2.75, 3.05) is 5.32 Å². The zero-order valence-corrected chi connectivity index (χ0v) is 16.4. The molecule has 5 fully saturated rings. The number of halogens is 1. The first kappa shape index (κ1) is 18.2. The Bertz CT molecular complexity index is 821. The van der Waals surface area contributed by atoms with Gasteiger partial charge in [-0.1, -0.05) is 23.9 Å². The quantitative estimate of drug-likeness (QED) is 0.808. The number of nitrogens with one attached hydrogen (secondary N) is 2. The lowest BCUT2D eigenvalue weighted by atomic mass is 9.53. The third-order valence-electron chi connectivity index (χ3n) is 6.64. The van der Waals surface area contributed by atoms with Gasteiger partial charge in [0.25, 0.3) is 0 Å². The van der Waals surface area contributed by atoms with Gasteiger partial charge in [0.2, 0.25) is 11.8 Å². The van der Waals surface area contributed by atoms with Crippen LogP contribution in [0.25, 0.3) is 0 Å². The van der Waals surface area contributed by atoms with Crippen molar-refractivity contribution in [1.82, 2.24) is 5.32 Å². The summed E-state index contributed by atoms with van der Waals surface area (Å²) in [6.07, 6.45) is 7.46. The van der Waals surface area contributed by atoms with Crippen LogP contribution in [0.5, 0.6) is 0 Å². The van der Waals surface area contributed by atoms with E-state index in [4.69, 9.17) is 4.99 Å². The molecule has 1 unspecified atom stereocenters. The molecule has 1 aromatic rings. The molecular formula is C21H24FN3O2S. The Morgan fingerprint density at radius 3 is 2.46 bits per heavy atom. The van der Waals surface area contributed by atoms with E-state index >= 15 is 0 Å². The largest absolute Gasteiger partial charge is 0.324 e. The lowest BCUT2D eigenvalue weighted by Gasteiger charge is -2.55. The summed E-state index contributed by atoms with van der Waals surface area (Å²) in [5.41, 5.74) is 0.132. The Morgan fingerprint density at radius 1 is 1.18 bits per heavy atom. The van der Waals surface area contributed by atoms with Crippen LogP contribution >= 0.6 is 11.8 Å². The van der Waals surface area contributed by atoms with Gasteiger partial charge in [-0.2, -0.15) is 0 Å². The van der Waals surface area contributed by atoms with E-state index in [0.717, 1.165) is 37.0 Å². The summed E-state index contributed by atoms with van der Waals surface area (Å²) < 4.78 is 13.7. The molecular weight excluding hydrogens is 377 g/mol. The molecule has 0 radical (unpaired) electrons. The monoisotopic (exact) mass is 401 g/mol. The van der Waals surface area contributed by atoms with Crippen molar-refractivity contribution in [1.29, 1.82) is 0 Å². The molecule has 4 bridgehead atoms. The predicted molar refractivity (Wildman–Crippen MR) is 108 cm³/mol. The van der Waals surface area contributed by atoms with E-state index in [1.807, 2.05) is 0 Å². The van der Waals surface area contributed by atoms with Crippen LogP contribution in [0.15, 0.2) is 29.3 Å². The number of hydrogen-bond acceptors (Lipinski definition) is 4. The molecule has 148 valence electrons. The van der Waals surface area contributed by atoms with Crippen LogP contribution in [0.1, 0.15) is 44.9 Å². The highest BCUT2D eigenvalue weighted by atomic mass is 32.2. The molecule has 2 amide bonds. The number of amidine groups is 1. The summed E-state index contributed by atoms with van der Waals surface area (Å²) in [7, 11) is 0. The molecule has 1 saturated heterocycles. The number of para-hydroxylation sites is 1. The molecule has 2 N–H and O–H groups in total. The van der Waals surface area contributed by atoms with E-state index in [2.05, 4.69) is 10.6 Å². The third kappa shape index (κ3) is 3.45. The molecule has 0 spiro atoms. The second-order valence-corrected chi connectivity index (χ2v) is 10.1. The fourth-order valence-corrected chi connectivity index (χ4v) is 7.02. The molecule has 1 aliphatic heterocycles. The first-order valence-electron chi connectivity index (χ1n) is 10.1. The zero-order chi connectivity index (χ0) is 19.3. The number of rotatable bonds is 4.